The lowest BCUT2D eigenvalue weighted by Gasteiger charge is -2.35. The molecule has 1 aromatic heterocycles. The van der Waals surface area contributed by atoms with Gasteiger partial charge in [-0.2, -0.15) is 5.10 Å². The molecule has 2 aromatic rings. The van der Waals surface area contributed by atoms with Gasteiger partial charge in [0, 0.05) is 31.4 Å². The number of hydrogen-bond acceptors (Lipinski definition) is 5. The maximum absolute atomic E-state index is 5.22. The summed E-state index contributed by atoms with van der Waals surface area (Å²) in [6, 6.07) is 13.3. The van der Waals surface area contributed by atoms with Crippen molar-refractivity contribution in [3.05, 3.63) is 48.2 Å². The molecule has 128 valence electrons. The largest absolute Gasteiger partial charge is 0.497 e. The number of aromatic nitrogens is 2. The zero-order valence-corrected chi connectivity index (χ0v) is 14.5. The monoisotopic (exact) mass is 326 g/mol. The van der Waals surface area contributed by atoms with E-state index in [0.29, 0.717) is 12.1 Å². The first-order chi connectivity index (χ1) is 11.7. The number of benzene rings is 1. The first kappa shape index (κ1) is 16.7. The molecule has 1 aromatic carbocycles. The number of anilines is 1. The highest BCUT2D eigenvalue weighted by molar-refractivity contribution is 5.37. The Morgan fingerprint density at radius 1 is 1.29 bits per heavy atom. The third-order valence-corrected chi connectivity index (χ3v) is 4.52. The Morgan fingerprint density at radius 3 is 2.83 bits per heavy atom. The number of hydrogen-bond donors (Lipinski definition) is 1. The van der Waals surface area contributed by atoms with E-state index in [1.807, 2.05) is 24.3 Å². The molecular weight excluding hydrogens is 300 g/mol. The van der Waals surface area contributed by atoms with Crippen molar-refractivity contribution in [1.29, 1.82) is 0 Å². The third-order valence-electron chi connectivity index (χ3n) is 4.52. The van der Waals surface area contributed by atoms with Gasteiger partial charge in [0.05, 0.1) is 7.11 Å². The highest BCUT2D eigenvalue weighted by Crippen LogP contribution is 2.18. The zero-order chi connectivity index (χ0) is 16.8. The number of nitrogens with one attached hydrogen (secondary N) is 1. The lowest BCUT2D eigenvalue weighted by Crippen LogP contribution is -2.49. The average molecular weight is 326 g/mol. The third kappa shape index (κ3) is 4.45. The van der Waals surface area contributed by atoms with Crippen LogP contribution < -0.4 is 15.0 Å². The number of methoxy groups -OCH3 is 1. The van der Waals surface area contributed by atoms with Gasteiger partial charge in [0.15, 0.2) is 5.82 Å². The van der Waals surface area contributed by atoms with Crippen LogP contribution in [-0.4, -0.2) is 42.5 Å². The van der Waals surface area contributed by atoms with Gasteiger partial charge in [0.2, 0.25) is 0 Å². The van der Waals surface area contributed by atoms with Crippen LogP contribution >= 0.6 is 0 Å². The van der Waals surface area contributed by atoms with E-state index in [-0.39, 0.29) is 0 Å². The van der Waals surface area contributed by atoms with Crippen molar-refractivity contribution in [2.75, 3.05) is 25.1 Å². The van der Waals surface area contributed by atoms with Crippen LogP contribution in [0.2, 0.25) is 0 Å². The topological polar surface area (TPSA) is 50.3 Å². The molecular formula is C19H26N4O. The fourth-order valence-electron chi connectivity index (χ4n) is 3.36. The quantitative estimate of drug-likeness (QED) is 0.884. The van der Waals surface area contributed by atoms with Crippen LogP contribution in [0.5, 0.6) is 5.75 Å². The fourth-order valence-corrected chi connectivity index (χ4v) is 3.36. The summed E-state index contributed by atoms with van der Waals surface area (Å²) >= 11 is 0. The molecule has 0 saturated carbocycles. The minimum Gasteiger partial charge on any atom is -0.497 e. The van der Waals surface area contributed by atoms with E-state index in [4.69, 9.17) is 4.74 Å². The maximum Gasteiger partial charge on any atom is 0.151 e. The van der Waals surface area contributed by atoms with Crippen LogP contribution in [0.1, 0.15) is 25.3 Å². The molecule has 5 nitrogen and oxygen atoms in total. The molecule has 24 heavy (non-hydrogen) atoms. The molecule has 2 heterocycles. The second-order valence-corrected chi connectivity index (χ2v) is 6.49. The van der Waals surface area contributed by atoms with Gasteiger partial charge >= 0.3 is 0 Å². The summed E-state index contributed by atoms with van der Waals surface area (Å²) in [5.74, 6) is 1.89. The van der Waals surface area contributed by atoms with Crippen molar-refractivity contribution >= 4 is 5.82 Å². The number of piperidine rings is 1. The summed E-state index contributed by atoms with van der Waals surface area (Å²) < 4.78 is 5.22. The van der Waals surface area contributed by atoms with Gasteiger partial charge in [0.25, 0.3) is 0 Å². The molecule has 3 rings (SSSR count). The van der Waals surface area contributed by atoms with E-state index < -0.39 is 0 Å². The van der Waals surface area contributed by atoms with Gasteiger partial charge in [-0.15, -0.1) is 5.10 Å². The van der Waals surface area contributed by atoms with Crippen molar-refractivity contribution in [2.45, 2.75) is 38.3 Å². The van der Waals surface area contributed by atoms with Gasteiger partial charge in [-0.3, -0.25) is 0 Å². The van der Waals surface area contributed by atoms with Crippen molar-refractivity contribution in [1.82, 2.24) is 15.5 Å². The smallest absolute Gasteiger partial charge is 0.151 e. The van der Waals surface area contributed by atoms with Gasteiger partial charge < -0.3 is 15.0 Å². The van der Waals surface area contributed by atoms with Gasteiger partial charge in [-0.1, -0.05) is 12.1 Å². The molecule has 1 saturated heterocycles. The molecule has 0 radical (unpaired) electrons. The number of rotatable bonds is 6. The number of ether oxygens (including phenoxy) is 1. The average Bonchev–Trinajstić information content (AvgIpc) is 2.63. The lowest BCUT2D eigenvalue weighted by atomic mass is 10.0. The first-order valence-corrected chi connectivity index (χ1v) is 8.66. The molecule has 1 N–H and O–H groups in total. The fraction of sp³-hybridized carbons (Fsp3) is 0.474. The van der Waals surface area contributed by atoms with Crippen LogP contribution in [0.15, 0.2) is 42.6 Å². The second-order valence-electron chi connectivity index (χ2n) is 6.49. The van der Waals surface area contributed by atoms with E-state index in [9.17, 15) is 0 Å². The van der Waals surface area contributed by atoms with Crippen molar-refractivity contribution in [3.8, 4) is 5.75 Å². The summed E-state index contributed by atoms with van der Waals surface area (Å²) in [7, 11) is 1.70. The molecule has 0 aliphatic carbocycles. The molecule has 0 bridgehead atoms. The lowest BCUT2D eigenvalue weighted by molar-refractivity contribution is 0.380. The molecule has 1 fully saturated rings. The predicted octanol–water partition coefficient (Wildman–Crippen LogP) is 2.67. The van der Waals surface area contributed by atoms with Gasteiger partial charge in [-0.25, -0.2) is 0 Å². The Morgan fingerprint density at radius 2 is 2.12 bits per heavy atom. The van der Waals surface area contributed by atoms with Crippen molar-refractivity contribution < 1.29 is 4.74 Å². The van der Waals surface area contributed by atoms with Gasteiger partial charge in [-0.05, 0) is 56.0 Å². The second kappa shape index (κ2) is 8.11. The molecule has 1 aliphatic heterocycles. The van der Waals surface area contributed by atoms with E-state index in [0.717, 1.165) is 31.1 Å². The Kier molecular flexibility index (Phi) is 5.64. The Hall–Kier alpha value is -2.14. The summed E-state index contributed by atoms with van der Waals surface area (Å²) in [5, 5.41) is 12.0. The summed E-state index contributed by atoms with van der Waals surface area (Å²) in [6.45, 7) is 4.31. The van der Waals surface area contributed by atoms with Crippen molar-refractivity contribution in [3.63, 3.8) is 0 Å². The van der Waals surface area contributed by atoms with E-state index in [1.165, 1.54) is 18.4 Å². The minimum absolute atomic E-state index is 0.435. The van der Waals surface area contributed by atoms with Crippen molar-refractivity contribution in [2.24, 2.45) is 0 Å². The summed E-state index contributed by atoms with van der Waals surface area (Å²) in [6.07, 6.45) is 5.14. The van der Waals surface area contributed by atoms with Crippen LogP contribution in [0.3, 0.4) is 0 Å². The molecule has 5 heteroatoms. The molecule has 2 atom stereocenters. The normalized spacial score (nSPS) is 19.1. The highest BCUT2D eigenvalue weighted by Gasteiger charge is 2.22. The predicted molar refractivity (Wildman–Crippen MR) is 96.6 cm³/mol. The SMILES string of the molecule is COc1ccc(C[C@H](C)N[C@@H]2CCCN(c3cccnn3)C2)cc1. The zero-order valence-electron chi connectivity index (χ0n) is 14.5. The van der Waals surface area contributed by atoms with Gasteiger partial charge in [0.1, 0.15) is 5.75 Å². The summed E-state index contributed by atoms with van der Waals surface area (Å²) in [4.78, 5) is 2.33. The Bertz CT molecular complexity index is 617. The molecule has 1 aliphatic rings. The molecule has 0 spiro atoms. The summed E-state index contributed by atoms with van der Waals surface area (Å²) in [5.41, 5.74) is 1.33. The van der Waals surface area contributed by atoms with Crippen LogP contribution in [0.25, 0.3) is 0 Å². The van der Waals surface area contributed by atoms with E-state index in [2.05, 4.69) is 39.5 Å². The van der Waals surface area contributed by atoms with Crippen LogP contribution in [0.4, 0.5) is 5.82 Å². The number of nitrogens with zero attached hydrogens (tertiary/aromatic N) is 3. The van der Waals surface area contributed by atoms with E-state index >= 15 is 0 Å². The Labute approximate surface area is 144 Å². The highest BCUT2D eigenvalue weighted by atomic mass is 16.5. The first-order valence-electron chi connectivity index (χ1n) is 8.66. The van der Waals surface area contributed by atoms with E-state index in [1.54, 1.807) is 13.3 Å². The minimum atomic E-state index is 0.435. The standard InChI is InChI=1S/C19H26N4O/c1-15(13-16-7-9-18(24-2)10-8-16)21-17-5-4-12-23(14-17)19-6-3-11-20-22-19/h3,6-11,15,17,21H,4-5,12-14H2,1-2H3/t15-,17+/m0/s1. The maximum atomic E-state index is 5.22. The molecule has 0 unspecified atom stereocenters. The van der Waals surface area contributed by atoms with Crippen LogP contribution in [0, 0.1) is 0 Å². The van der Waals surface area contributed by atoms with Crippen LogP contribution in [-0.2, 0) is 6.42 Å². The Balaban J connectivity index is 1.52. The molecule has 0 amide bonds.